The summed E-state index contributed by atoms with van der Waals surface area (Å²) in [5.74, 6) is 0.768. The monoisotopic (exact) mass is 262 g/mol. The average Bonchev–Trinajstić information content (AvgIpc) is 2.41. The molecule has 94 valence electrons. The van der Waals surface area contributed by atoms with Gasteiger partial charge in [0.15, 0.2) is 0 Å². The molecule has 1 atom stereocenters. The topological polar surface area (TPSA) is 48.1 Å². The second-order valence-corrected chi connectivity index (χ2v) is 4.44. The second-order valence-electron chi connectivity index (χ2n) is 4.03. The maximum atomic E-state index is 5.98. The highest BCUT2D eigenvalue weighted by molar-refractivity contribution is 6.31. The van der Waals surface area contributed by atoms with Crippen LogP contribution in [0.4, 0.5) is 0 Å². The van der Waals surface area contributed by atoms with Gasteiger partial charge in [0.2, 0.25) is 0 Å². The fraction of sp³-hybridized carbons (Fsp3) is 0.214. The van der Waals surface area contributed by atoms with Gasteiger partial charge in [-0.15, -0.1) is 0 Å². The molecule has 0 amide bonds. The lowest BCUT2D eigenvalue weighted by atomic mass is 10.1. The van der Waals surface area contributed by atoms with Gasteiger partial charge >= 0.3 is 0 Å². The Morgan fingerprint density at radius 2 is 2.00 bits per heavy atom. The summed E-state index contributed by atoms with van der Waals surface area (Å²) < 4.78 is 5.87. The van der Waals surface area contributed by atoms with Gasteiger partial charge in [-0.05, 0) is 48.4 Å². The fourth-order valence-electron chi connectivity index (χ4n) is 1.69. The summed E-state index contributed by atoms with van der Waals surface area (Å²) >= 11 is 5.98. The number of rotatable bonds is 4. The van der Waals surface area contributed by atoms with Gasteiger partial charge in [0.25, 0.3) is 0 Å². The second kappa shape index (κ2) is 5.85. The number of halogens is 1. The standard InChI is InChI=1S/C14H15ClN2O/c1-10-8-12(2-3-13(10)15)18-14(9-16)11-4-6-17-7-5-11/h2-8,14H,9,16H2,1H3. The molecule has 1 aromatic carbocycles. The molecule has 0 aliphatic heterocycles. The molecule has 2 rings (SSSR count). The predicted octanol–water partition coefficient (Wildman–Crippen LogP) is 3.12. The number of nitrogens with zero attached hydrogens (tertiary/aromatic N) is 1. The molecule has 2 N–H and O–H groups in total. The number of pyridine rings is 1. The van der Waals surface area contributed by atoms with Crippen molar-refractivity contribution in [2.24, 2.45) is 5.73 Å². The van der Waals surface area contributed by atoms with E-state index in [1.54, 1.807) is 12.4 Å². The molecule has 0 saturated heterocycles. The highest BCUT2D eigenvalue weighted by Gasteiger charge is 2.11. The summed E-state index contributed by atoms with van der Waals surface area (Å²) in [4.78, 5) is 3.98. The molecule has 1 heterocycles. The van der Waals surface area contributed by atoms with Crippen LogP contribution in [0.3, 0.4) is 0 Å². The van der Waals surface area contributed by atoms with Crippen molar-refractivity contribution in [3.05, 3.63) is 58.9 Å². The lowest BCUT2D eigenvalue weighted by Gasteiger charge is -2.18. The summed E-state index contributed by atoms with van der Waals surface area (Å²) in [5.41, 5.74) is 7.75. The first kappa shape index (κ1) is 12.9. The maximum Gasteiger partial charge on any atom is 0.136 e. The molecule has 4 heteroatoms. The summed E-state index contributed by atoms with van der Waals surface area (Å²) in [6, 6.07) is 9.39. The van der Waals surface area contributed by atoms with E-state index in [0.717, 1.165) is 21.9 Å². The first-order valence-electron chi connectivity index (χ1n) is 5.73. The molecule has 0 saturated carbocycles. The minimum Gasteiger partial charge on any atom is -0.484 e. The molecule has 0 fully saturated rings. The SMILES string of the molecule is Cc1cc(OC(CN)c2ccncc2)ccc1Cl. The van der Waals surface area contributed by atoms with Crippen molar-refractivity contribution < 1.29 is 4.74 Å². The van der Waals surface area contributed by atoms with Gasteiger partial charge < -0.3 is 10.5 Å². The third-order valence-electron chi connectivity index (χ3n) is 2.70. The number of aryl methyl sites for hydroxylation is 1. The molecule has 0 bridgehead atoms. The van der Waals surface area contributed by atoms with Crippen molar-refractivity contribution in [1.82, 2.24) is 4.98 Å². The van der Waals surface area contributed by atoms with Crippen molar-refractivity contribution in [2.75, 3.05) is 6.54 Å². The van der Waals surface area contributed by atoms with E-state index in [-0.39, 0.29) is 6.10 Å². The molecular weight excluding hydrogens is 248 g/mol. The number of nitrogens with two attached hydrogens (primary N) is 1. The predicted molar refractivity (Wildman–Crippen MR) is 72.8 cm³/mol. The molecule has 3 nitrogen and oxygen atoms in total. The zero-order valence-corrected chi connectivity index (χ0v) is 10.9. The minimum absolute atomic E-state index is 0.173. The van der Waals surface area contributed by atoms with E-state index in [4.69, 9.17) is 22.1 Å². The van der Waals surface area contributed by atoms with E-state index < -0.39 is 0 Å². The van der Waals surface area contributed by atoms with Crippen LogP contribution < -0.4 is 10.5 Å². The van der Waals surface area contributed by atoms with E-state index in [1.807, 2.05) is 37.3 Å². The Kier molecular flexibility index (Phi) is 4.18. The normalized spacial score (nSPS) is 12.2. The molecule has 1 unspecified atom stereocenters. The van der Waals surface area contributed by atoms with Crippen LogP contribution in [-0.2, 0) is 0 Å². The Morgan fingerprint density at radius 3 is 2.61 bits per heavy atom. The molecule has 0 aliphatic rings. The maximum absolute atomic E-state index is 5.98. The van der Waals surface area contributed by atoms with Crippen LogP contribution in [0.25, 0.3) is 0 Å². The van der Waals surface area contributed by atoms with Crippen molar-refractivity contribution in [3.63, 3.8) is 0 Å². The highest BCUT2D eigenvalue weighted by Crippen LogP contribution is 2.25. The van der Waals surface area contributed by atoms with E-state index in [9.17, 15) is 0 Å². The zero-order valence-electron chi connectivity index (χ0n) is 10.1. The van der Waals surface area contributed by atoms with Crippen LogP contribution in [0.5, 0.6) is 5.75 Å². The molecule has 18 heavy (non-hydrogen) atoms. The van der Waals surface area contributed by atoms with E-state index >= 15 is 0 Å². The zero-order chi connectivity index (χ0) is 13.0. The first-order chi connectivity index (χ1) is 8.70. The Balaban J connectivity index is 2.18. The summed E-state index contributed by atoms with van der Waals surface area (Å²) in [6.07, 6.45) is 3.29. The molecule has 0 aliphatic carbocycles. The molecule has 2 aromatic rings. The quantitative estimate of drug-likeness (QED) is 0.921. The Morgan fingerprint density at radius 1 is 1.28 bits per heavy atom. The third-order valence-corrected chi connectivity index (χ3v) is 3.12. The van der Waals surface area contributed by atoms with Crippen molar-refractivity contribution in [3.8, 4) is 5.75 Å². The molecule has 0 radical (unpaired) electrons. The number of hydrogen-bond acceptors (Lipinski definition) is 3. The summed E-state index contributed by atoms with van der Waals surface area (Å²) in [7, 11) is 0. The average molecular weight is 263 g/mol. The number of aromatic nitrogens is 1. The summed E-state index contributed by atoms with van der Waals surface area (Å²) in [5, 5.41) is 0.732. The van der Waals surface area contributed by atoms with E-state index in [2.05, 4.69) is 4.98 Å². The molecule has 1 aromatic heterocycles. The van der Waals surface area contributed by atoms with Crippen LogP contribution in [0, 0.1) is 6.92 Å². The lowest BCUT2D eigenvalue weighted by Crippen LogP contribution is -2.18. The van der Waals surface area contributed by atoms with Crippen LogP contribution in [0.2, 0.25) is 5.02 Å². The van der Waals surface area contributed by atoms with Crippen molar-refractivity contribution >= 4 is 11.6 Å². The van der Waals surface area contributed by atoms with Crippen LogP contribution in [0.1, 0.15) is 17.2 Å². The Hall–Kier alpha value is -1.58. The van der Waals surface area contributed by atoms with Gasteiger partial charge in [-0.25, -0.2) is 0 Å². The highest BCUT2D eigenvalue weighted by atomic mass is 35.5. The number of ether oxygens (including phenoxy) is 1. The van der Waals surface area contributed by atoms with Gasteiger partial charge in [-0.3, -0.25) is 4.98 Å². The number of benzene rings is 1. The van der Waals surface area contributed by atoms with Gasteiger partial charge in [-0.1, -0.05) is 11.6 Å². The van der Waals surface area contributed by atoms with Gasteiger partial charge in [0, 0.05) is 24.0 Å². The van der Waals surface area contributed by atoms with Gasteiger partial charge in [0.1, 0.15) is 11.9 Å². The third kappa shape index (κ3) is 3.00. The minimum atomic E-state index is -0.173. The molecular formula is C14H15ClN2O. The summed E-state index contributed by atoms with van der Waals surface area (Å²) in [6.45, 7) is 2.35. The van der Waals surface area contributed by atoms with Gasteiger partial charge in [-0.2, -0.15) is 0 Å². The largest absolute Gasteiger partial charge is 0.484 e. The van der Waals surface area contributed by atoms with Crippen LogP contribution in [0.15, 0.2) is 42.7 Å². The lowest BCUT2D eigenvalue weighted by molar-refractivity contribution is 0.214. The van der Waals surface area contributed by atoms with Gasteiger partial charge in [0.05, 0.1) is 0 Å². The molecule has 0 spiro atoms. The van der Waals surface area contributed by atoms with Crippen molar-refractivity contribution in [2.45, 2.75) is 13.0 Å². The van der Waals surface area contributed by atoms with Crippen LogP contribution in [-0.4, -0.2) is 11.5 Å². The number of hydrogen-bond donors (Lipinski definition) is 1. The van der Waals surface area contributed by atoms with E-state index in [0.29, 0.717) is 6.54 Å². The smallest absolute Gasteiger partial charge is 0.136 e. The van der Waals surface area contributed by atoms with E-state index in [1.165, 1.54) is 0 Å². The van der Waals surface area contributed by atoms with Crippen LogP contribution >= 0.6 is 11.6 Å². The first-order valence-corrected chi connectivity index (χ1v) is 6.11. The Labute approximate surface area is 112 Å². The van der Waals surface area contributed by atoms with Crippen molar-refractivity contribution in [1.29, 1.82) is 0 Å². The fourth-order valence-corrected chi connectivity index (χ4v) is 1.80. The Bertz CT molecular complexity index is 516.